The largest absolute Gasteiger partial charge is 0.385 e. The van der Waals surface area contributed by atoms with Gasteiger partial charge in [0.1, 0.15) is 5.82 Å². The van der Waals surface area contributed by atoms with Crippen LogP contribution in [0.25, 0.3) is 10.9 Å². The fourth-order valence-corrected chi connectivity index (χ4v) is 4.94. The summed E-state index contributed by atoms with van der Waals surface area (Å²) in [7, 11) is 3.31. The first-order chi connectivity index (χ1) is 18.1. The zero-order chi connectivity index (χ0) is 26.9. The van der Waals surface area contributed by atoms with E-state index in [1.807, 2.05) is 29.2 Å². The van der Waals surface area contributed by atoms with E-state index in [0.29, 0.717) is 55.9 Å². The lowest BCUT2D eigenvalue weighted by atomic mass is 10.1. The maximum atomic E-state index is 13.5. The van der Waals surface area contributed by atoms with Gasteiger partial charge in [0, 0.05) is 33.8 Å². The minimum atomic E-state index is -0.280. The van der Waals surface area contributed by atoms with E-state index in [4.69, 9.17) is 14.5 Å². The third-order valence-corrected chi connectivity index (χ3v) is 7.03. The molecule has 0 radical (unpaired) electrons. The minimum Gasteiger partial charge on any atom is -0.385 e. The second-order valence-electron chi connectivity index (χ2n) is 9.87. The Balaban J connectivity index is 2.18. The molecule has 37 heavy (non-hydrogen) atoms. The maximum absolute atomic E-state index is 13.5. The highest BCUT2D eigenvalue weighted by atomic mass is 16.5. The van der Waals surface area contributed by atoms with Crippen molar-refractivity contribution in [2.24, 2.45) is 0 Å². The van der Waals surface area contributed by atoms with Crippen LogP contribution < -0.4 is 5.56 Å². The molecule has 0 aliphatic rings. The molecule has 1 amide bonds. The molecular weight excluding hydrogens is 466 g/mol. The van der Waals surface area contributed by atoms with Gasteiger partial charge < -0.3 is 14.4 Å². The summed E-state index contributed by atoms with van der Waals surface area (Å²) in [4.78, 5) is 33.8. The molecule has 1 atom stereocenters. The molecule has 1 aromatic heterocycles. The molecule has 0 N–H and O–H groups in total. The Hall–Kier alpha value is -2.25. The van der Waals surface area contributed by atoms with E-state index >= 15 is 0 Å². The molecule has 0 aliphatic carbocycles. The number of fused-ring (bicyclic) bond motifs is 1. The highest BCUT2D eigenvalue weighted by molar-refractivity contribution is 5.78. The van der Waals surface area contributed by atoms with Gasteiger partial charge in [-0.1, -0.05) is 77.3 Å². The molecule has 0 bridgehead atoms. The number of aromatic nitrogens is 2. The van der Waals surface area contributed by atoms with Crippen molar-refractivity contribution >= 4 is 16.8 Å². The number of amides is 1. The lowest BCUT2D eigenvalue weighted by Crippen LogP contribution is -2.40. The molecule has 2 aromatic rings. The van der Waals surface area contributed by atoms with Gasteiger partial charge in [0.25, 0.3) is 5.56 Å². The summed E-state index contributed by atoms with van der Waals surface area (Å²) in [5.41, 5.74) is 0.581. The number of hydrogen-bond donors (Lipinski definition) is 0. The van der Waals surface area contributed by atoms with Crippen LogP contribution in [0.1, 0.15) is 103 Å². The van der Waals surface area contributed by atoms with Gasteiger partial charge >= 0.3 is 0 Å². The second-order valence-corrected chi connectivity index (χ2v) is 9.87. The van der Waals surface area contributed by atoms with Gasteiger partial charge in [0.15, 0.2) is 0 Å². The Kier molecular flexibility index (Phi) is 15.1. The van der Waals surface area contributed by atoms with Crippen molar-refractivity contribution in [3.8, 4) is 0 Å². The van der Waals surface area contributed by atoms with Crippen LogP contribution >= 0.6 is 0 Å². The molecule has 1 heterocycles. The van der Waals surface area contributed by atoms with Crippen LogP contribution in [0.5, 0.6) is 0 Å². The molecule has 7 heteroatoms. The van der Waals surface area contributed by atoms with Crippen LogP contribution in [0.15, 0.2) is 29.1 Å². The number of para-hydroxylation sites is 1. The molecule has 0 fully saturated rings. The van der Waals surface area contributed by atoms with E-state index < -0.39 is 0 Å². The number of rotatable bonds is 20. The number of unbranched alkanes of at least 4 members (excludes halogenated alkanes) is 8. The molecule has 208 valence electrons. The van der Waals surface area contributed by atoms with E-state index in [1.54, 1.807) is 18.8 Å². The van der Waals surface area contributed by atoms with E-state index in [0.717, 1.165) is 19.3 Å². The Bertz CT molecular complexity index is 975. The smallest absolute Gasteiger partial charge is 0.261 e. The van der Waals surface area contributed by atoms with Crippen LogP contribution in [0.4, 0.5) is 0 Å². The normalized spacial score (nSPS) is 12.2. The van der Waals surface area contributed by atoms with Gasteiger partial charge in [-0.25, -0.2) is 4.98 Å². The van der Waals surface area contributed by atoms with Crippen molar-refractivity contribution in [2.45, 2.75) is 103 Å². The number of carbonyl (C=O) groups is 1. The van der Waals surface area contributed by atoms with Crippen molar-refractivity contribution in [1.82, 2.24) is 14.5 Å². The zero-order valence-corrected chi connectivity index (χ0v) is 23.7. The van der Waals surface area contributed by atoms with E-state index in [2.05, 4.69) is 13.8 Å². The first-order valence-electron chi connectivity index (χ1n) is 14.4. The van der Waals surface area contributed by atoms with Gasteiger partial charge in [-0.2, -0.15) is 0 Å². The maximum Gasteiger partial charge on any atom is 0.261 e. The summed E-state index contributed by atoms with van der Waals surface area (Å²) in [6.45, 7) is 6.27. The summed E-state index contributed by atoms with van der Waals surface area (Å²) >= 11 is 0. The molecule has 0 saturated carbocycles. The van der Waals surface area contributed by atoms with Crippen LogP contribution in [0, 0.1) is 0 Å². The summed E-state index contributed by atoms with van der Waals surface area (Å²) in [6, 6.07) is 7.15. The van der Waals surface area contributed by atoms with Crippen LogP contribution in [-0.2, 0) is 20.8 Å². The fraction of sp³-hybridized carbons (Fsp3) is 0.700. The molecule has 1 unspecified atom stereocenters. The standard InChI is InChI=1S/C30H49N3O4/c1-5-7-8-9-10-11-12-13-14-20-28(34)32(21-17-23-36-3)27(6-2)29-31-26-19-16-15-18-25(26)30(35)33(29)22-24-37-4/h15-16,18-19,27H,5-14,17,20-24H2,1-4H3. The molecule has 0 spiro atoms. The summed E-state index contributed by atoms with van der Waals surface area (Å²) in [6.07, 6.45) is 12.9. The van der Waals surface area contributed by atoms with E-state index in [-0.39, 0.29) is 17.5 Å². The second kappa shape index (κ2) is 18.1. The quantitative estimate of drug-likeness (QED) is 0.194. The number of benzene rings is 1. The van der Waals surface area contributed by atoms with Gasteiger partial charge in [-0.05, 0) is 31.4 Å². The fourth-order valence-electron chi connectivity index (χ4n) is 4.94. The number of nitrogens with zero attached hydrogens (tertiary/aromatic N) is 3. The van der Waals surface area contributed by atoms with Crippen LogP contribution in [-0.4, -0.2) is 54.3 Å². The molecular formula is C30H49N3O4. The highest BCUT2D eigenvalue weighted by Crippen LogP contribution is 2.26. The highest BCUT2D eigenvalue weighted by Gasteiger charge is 2.28. The van der Waals surface area contributed by atoms with Gasteiger partial charge in [0.05, 0.1) is 30.1 Å². The lowest BCUT2D eigenvalue weighted by Gasteiger charge is -2.32. The summed E-state index contributed by atoms with van der Waals surface area (Å²) < 4.78 is 12.3. The predicted molar refractivity (Wildman–Crippen MR) is 151 cm³/mol. The number of hydrogen-bond acceptors (Lipinski definition) is 5. The predicted octanol–water partition coefficient (Wildman–Crippen LogP) is 6.28. The van der Waals surface area contributed by atoms with Crippen molar-refractivity contribution in [3.63, 3.8) is 0 Å². The van der Waals surface area contributed by atoms with Gasteiger partial charge in [-0.15, -0.1) is 0 Å². The minimum absolute atomic E-state index is 0.0840. The number of ether oxygens (including phenoxy) is 2. The van der Waals surface area contributed by atoms with Crippen molar-refractivity contribution < 1.29 is 14.3 Å². The Labute approximate surface area is 223 Å². The average molecular weight is 516 g/mol. The Morgan fingerprint density at radius 2 is 1.57 bits per heavy atom. The average Bonchev–Trinajstić information content (AvgIpc) is 2.91. The molecule has 0 aliphatic heterocycles. The Morgan fingerprint density at radius 1 is 0.919 bits per heavy atom. The zero-order valence-electron chi connectivity index (χ0n) is 23.7. The van der Waals surface area contributed by atoms with Crippen LogP contribution in [0.3, 0.4) is 0 Å². The van der Waals surface area contributed by atoms with Crippen molar-refractivity contribution in [3.05, 3.63) is 40.4 Å². The summed E-state index contributed by atoms with van der Waals surface area (Å²) in [5.74, 6) is 0.771. The Morgan fingerprint density at radius 3 is 2.22 bits per heavy atom. The van der Waals surface area contributed by atoms with Gasteiger partial charge in [-0.3, -0.25) is 14.2 Å². The van der Waals surface area contributed by atoms with Crippen LogP contribution in [0.2, 0.25) is 0 Å². The number of carbonyl (C=O) groups excluding carboxylic acids is 1. The van der Waals surface area contributed by atoms with E-state index in [9.17, 15) is 9.59 Å². The van der Waals surface area contributed by atoms with E-state index in [1.165, 1.54) is 44.9 Å². The SMILES string of the molecule is CCCCCCCCCCCC(=O)N(CCCOC)C(CC)c1nc2ccccc2c(=O)n1CCOC. The first-order valence-corrected chi connectivity index (χ1v) is 14.4. The van der Waals surface area contributed by atoms with Crippen molar-refractivity contribution in [2.75, 3.05) is 34.0 Å². The van der Waals surface area contributed by atoms with Crippen molar-refractivity contribution in [1.29, 1.82) is 0 Å². The molecule has 2 rings (SSSR count). The molecule has 0 saturated heterocycles. The number of methoxy groups -OCH3 is 2. The van der Waals surface area contributed by atoms with Gasteiger partial charge in [0.2, 0.25) is 5.91 Å². The molecule has 7 nitrogen and oxygen atoms in total. The summed E-state index contributed by atoms with van der Waals surface area (Å²) in [5, 5.41) is 0.587. The molecule has 1 aromatic carbocycles. The third-order valence-electron chi connectivity index (χ3n) is 7.03. The topological polar surface area (TPSA) is 73.7 Å². The monoisotopic (exact) mass is 515 g/mol. The lowest BCUT2D eigenvalue weighted by molar-refractivity contribution is -0.134. The first kappa shape index (κ1) is 31.0. The third kappa shape index (κ3) is 9.86.